The molecule has 1 amide bonds. The van der Waals surface area contributed by atoms with Crippen LogP contribution in [0.2, 0.25) is 0 Å². The smallest absolute Gasteiger partial charge is 0.747 e. The van der Waals surface area contributed by atoms with E-state index < -0.39 is 39.6 Å². The van der Waals surface area contributed by atoms with Gasteiger partial charge in [0.1, 0.15) is 10.1 Å². The third-order valence-corrected chi connectivity index (χ3v) is 6.25. The Morgan fingerprint density at radius 2 is 1.35 bits per heavy atom. The third kappa shape index (κ3) is 20.4. The fourth-order valence-electron chi connectivity index (χ4n) is 2.81. The van der Waals surface area contributed by atoms with E-state index in [4.69, 9.17) is 9.47 Å². The molecule has 0 fully saturated rings. The zero-order chi connectivity index (χ0) is 25.9. The molecule has 0 aliphatic carbocycles. The second kappa shape index (κ2) is 22.5. The van der Waals surface area contributed by atoms with Crippen LogP contribution in [0.4, 0.5) is 0 Å². The van der Waals surface area contributed by atoms with Crippen LogP contribution < -0.4 is 35.3 Å². The first kappa shape index (κ1) is 37.6. The number of unbranched alkanes of at least 4 members (excludes halogenated alkanes) is 2. The monoisotopic (exact) mass is 515 g/mol. The Kier molecular flexibility index (Phi) is 24.9. The van der Waals surface area contributed by atoms with Gasteiger partial charge >= 0.3 is 41.5 Å². The molecular weight excluding hydrogens is 473 g/mol. The molecule has 0 aromatic carbocycles. The van der Waals surface area contributed by atoms with Crippen molar-refractivity contribution in [3.05, 3.63) is 12.7 Å². The van der Waals surface area contributed by atoms with Crippen LogP contribution in [0, 0.1) is 11.8 Å². The molecule has 0 rings (SSSR count). The molecule has 34 heavy (non-hydrogen) atoms. The summed E-state index contributed by atoms with van der Waals surface area (Å²) in [5.74, 6) is -2.23. The van der Waals surface area contributed by atoms with E-state index in [-0.39, 0.29) is 54.6 Å². The molecule has 0 aliphatic heterocycles. The number of nitrogens with two attached hydrogens (primary N) is 1. The minimum atomic E-state index is -5.01. The van der Waals surface area contributed by atoms with Crippen molar-refractivity contribution in [2.24, 2.45) is 17.6 Å². The van der Waals surface area contributed by atoms with Gasteiger partial charge in [-0.25, -0.2) is 8.42 Å². The van der Waals surface area contributed by atoms with Gasteiger partial charge in [-0.05, 0) is 30.8 Å². The second-order valence-electron chi connectivity index (χ2n) is 7.94. The van der Waals surface area contributed by atoms with Crippen molar-refractivity contribution < 1.29 is 66.4 Å². The van der Waals surface area contributed by atoms with Crippen LogP contribution in [0.1, 0.15) is 85.5 Å². The van der Waals surface area contributed by atoms with Crippen molar-refractivity contribution in [2.75, 3.05) is 13.2 Å². The van der Waals surface area contributed by atoms with E-state index in [0.29, 0.717) is 0 Å². The summed E-state index contributed by atoms with van der Waals surface area (Å²) >= 11 is 0. The van der Waals surface area contributed by atoms with Gasteiger partial charge in [-0.15, -0.1) is 0 Å². The summed E-state index contributed by atoms with van der Waals surface area (Å²) in [6, 6.07) is 0. The zero-order valence-electron chi connectivity index (χ0n) is 21.5. The van der Waals surface area contributed by atoms with Crippen molar-refractivity contribution in [2.45, 2.75) is 90.7 Å². The average molecular weight is 516 g/mol. The summed E-state index contributed by atoms with van der Waals surface area (Å²) in [5, 5.41) is -2.06. The summed E-state index contributed by atoms with van der Waals surface area (Å²) in [7, 11) is -5.01. The molecule has 0 aliphatic rings. The van der Waals surface area contributed by atoms with Gasteiger partial charge in [-0.1, -0.05) is 72.8 Å². The Hall–Kier alpha value is -0.940. The molecule has 3 atom stereocenters. The van der Waals surface area contributed by atoms with E-state index in [1.54, 1.807) is 0 Å². The summed E-state index contributed by atoms with van der Waals surface area (Å²) in [6.45, 7) is 11.4. The second-order valence-corrected chi connectivity index (χ2v) is 9.49. The number of carbonyl (C=O) groups is 3. The molecule has 11 heteroatoms. The Labute approximate surface area is 227 Å². The summed E-state index contributed by atoms with van der Waals surface area (Å²) in [5.41, 5.74) is 4.53. The van der Waals surface area contributed by atoms with E-state index in [9.17, 15) is 27.4 Å². The van der Waals surface area contributed by atoms with Gasteiger partial charge in [0.2, 0.25) is 5.91 Å². The first-order chi connectivity index (χ1) is 15.5. The zero-order valence-corrected chi connectivity index (χ0v) is 24.4. The molecule has 2 N–H and O–H groups in total. The minimum absolute atomic E-state index is 0. The maximum absolute atomic E-state index is 12.1. The van der Waals surface area contributed by atoms with Gasteiger partial charge in [0, 0.05) is 0 Å². The van der Waals surface area contributed by atoms with Gasteiger partial charge in [-0.2, -0.15) is 0 Å². The molecule has 3 unspecified atom stereocenters. The van der Waals surface area contributed by atoms with Crippen molar-refractivity contribution in [3.63, 3.8) is 0 Å². The minimum Gasteiger partial charge on any atom is -0.747 e. The normalized spacial score (nSPS) is 13.2. The molecule has 0 saturated carbocycles. The predicted octanol–water partition coefficient (Wildman–Crippen LogP) is 0.471. The Morgan fingerprint density at radius 3 is 1.68 bits per heavy atom. The predicted molar refractivity (Wildman–Crippen MR) is 126 cm³/mol. The van der Waals surface area contributed by atoms with Gasteiger partial charge in [0.15, 0.2) is 5.25 Å². The van der Waals surface area contributed by atoms with Crippen LogP contribution in [0.3, 0.4) is 0 Å². The number of primary amides is 1. The SMILES string of the molecule is C=CC(N)=O.CCCCC(CC)COC(=O)CC(C(=O)OCC(CC)CCCC)S(=O)(=O)[O-].[Na+]. The Morgan fingerprint density at radius 1 is 0.941 bits per heavy atom. The molecule has 0 aromatic heterocycles. The summed E-state index contributed by atoms with van der Waals surface area (Å²) < 4.78 is 44.6. The molecule has 0 saturated heterocycles. The number of carbonyl (C=O) groups excluding carboxylic acids is 3. The van der Waals surface area contributed by atoms with E-state index in [0.717, 1.165) is 57.4 Å². The van der Waals surface area contributed by atoms with Crippen molar-refractivity contribution in [1.29, 1.82) is 0 Å². The van der Waals surface area contributed by atoms with Gasteiger partial charge in [0.05, 0.1) is 19.6 Å². The van der Waals surface area contributed by atoms with Crippen LogP contribution in [0.5, 0.6) is 0 Å². The van der Waals surface area contributed by atoms with Crippen LogP contribution in [0.15, 0.2) is 12.7 Å². The molecule has 9 nitrogen and oxygen atoms in total. The summed E-state index contributed by atoms with van der Waals surface area (Å²) in [6.07, 6.45) is 7.64. The molecule has 0 aromatic rings. The van der Waals surface area contributed by atoms with Gasteiger partial charge in [-0.3, -0.25) is 14.4 Å². The number of hydrogen-bond donors (Lipinski definition) is 1. The summed E-state index contributed by atoms with van der Waals surface area (Å²) in [4.78, 5) is 33.6. The third-order valence-electron chi connectivity index (χ3n) is 5.19. The van der Waals surface area contributed by atoms with E-state index in [1.807, 2.05) is 13.8 Å². The van der Waals surface area contributed by atoms with Gasteiger partial charge in [0.25, 0.3) is 0 Å². The van der Waals surface area contributed by atoms with Crippen LogP contribution in [-0.2, 0) is 34.0 Å². The number of ether oxygens (including phenoxy) is 2. The van der Waals surface area contributed by atoms with Gasteiger partial charge < -0.3 is 19.8 Å². The average Bonchev–Trinajstić information content (AvgIpc) is 2.77. The number of esters is 2. The van der Waals surface area contributed by atoms with E-state index in [2.05, 4.69) is 26.2 Å². The molecule has 0 radical (unpaired) electrons. The Balaban J connectivity index is -0.00000144. The number of hydrogen-bond acceptors (Lipinski definition) is 8. The molecule has 0 spiro atoms. The van der Waals surface area contributed by atoms with Crippen LogP contribution in [-0.4, -0.2) is 49.3 Å². The van der Waals surface area contributed by atoms with E-state index in [1.165, 1.54) is 0 Å². The topological polar surface area (TPSA) is 153 Å². The maximum Gasteiger partial charge on any atom is 1.00 e. The van der Waals surface area contributed by atoms with Crippen molar-refractivity contribution in [1.82, 2.24) is 0 Å². The standard InChI is InChI=1S/C20H38O7S.C3H5NO.Na/c1-5-9-11-16(7-3)14-26-19(21)13-18(28(23,24)25)20(22)27-15-17(8-4)12-10-6-2;1-2-3(4)5;/h16-18H,5-15H2,1-4H3,(H,23,24,25);2H,1H2,(H2,4,5);/q;;+1/p-1. The quantitative estimate of drug-likeness (QED) is 0.127. The Bertz CT molecular complexity index is 684. The first-order valence-corrected chi connectivity index (χ1v) is 13.1. The van der Waals surface area contributed by atoms with Crippen molar-refractivity contribution >= 4 is 28.0 Å². The molecule has 0 heterocycles. The molecule has 0 bridgehead atoms. The molecular formula is C23H42NNaO8S. The van der Waals surface area contributed by atoms with Crippen molar-refractivity contribution in [3.8, 4) is 0 Å². The largest absolute Gasteiger partial charge is 1.00 e. The fourth-order valence-corrected chi connectivity index (χ4v) is 3.46. The molecule has 194 valence electrons. The van der Waals surface area contributed by atoms with E-state index >= 15 is 0 Å². The number of rotatable bonds is 17. The van der Waals surface area contributed by atoms with Crippen LogP contribution in [0.25, 0.3) is 0 Å². The fraction of sp³-hybridized carbons (Fsp3) is 0.783. The van der Waals surface area contributed by atoms with Crippen LogP contribution >= 0.6 is 0 Å². The number of amides is 1. The first-order valence-electron chi connectivity index (χ1n) is 11.6. The maximum atomic E-state index is 12.1.